The lowest BCUT2D eigenvalue weighted by molar-refractivity contribution is 0.0945. The van der Waals surface area contributed by atoms with Crippen molar-refractivity contribution in [2.75, 3.05) is 6.61 Å². The van der Waals surface area contributed by atoms with Crippen molar-refractivity contribution in [2.45, 2.75) is 32.4 Å². The molecule has 0 unspecified atom stereocenters. The molecule has 1 amide bonds. The predicted octanol–water partition coefficient (Wildman–Crippen LogP) is 1.94. The molecule has 0 spiro atoms. The maximum atomic E-state index is 12.3. The lowest BCUT2D eigenvalue weighted by atomic mass is 10.2. The van der Waals surface area contributed by atoms with Gasteiger partial charge in [0, 0.05) is 6.04 Å². The van der Waals surface area contributed by atoms with Gasteiger partial charge in [-0.2, -0.15) is 0 Å². The SMILES string of the molecule is CCOc1ccccc1C(=O)NCc1nncn1C1CC1. The maximum absolute atomic E-state index is 12.3. The summed E-state index contributed by atoms with van der Waals surface area (Å²) in [6.45, 7) is 2.79. The first-order valence-corrected chi connectivity index (χ1v) is 7.18. The normalized spacial score (nSPS) is 14.0. The van der Waals surface area contributed by atoms with Crippen LogP contribution in [-0.4, -0.2) is 27.3 Å². The third-order valence-corrected chi connectivity index (χ3v) is 3.43. The fourth-order valence-electron chi connectivity index (χ4n) is 2.24. The van der Waals surface area contributed by atoms with Gasteiger partial charge in [-0.3, -0.25) is 4.79 Å². The summed E-state index contributed by atoms with van der Waals surface area (Å²) in [5, 5.41) is 10.9. The number of carbonyl (C=O) groups is 1. The van der Waals surface area contributed by atoms with Crippen molar-refractivity contribution in [2.24, 2.45) is 0 Å². The number of nitrogens with zero attached hydrogens (tertiary/aromatic N) is 3. The Morgan fingerprint density at radius 2 is 2.24 bits per heavy atom. The Morgan fingerprint density at radius 3 is 3.00 bits per heavy atom. The van der Waals surface area contributed by atoms with Crippen LogP contribution in [0.2, 0.25) is 0 Å². The van der Waals surface area contributed by atoms with Crippen LogP contribution < -0.4 is 10.1 Å². The Bertz CT molecular complexity index is 634. The number of amides is 1. The number of carbonyl (C=O) groups excluding carboxylic acids is 1. The first-order chi connectivity index (χ1) is 10.3. The number of rotatable bonds is 6. The number of hydrogen-bond donors (Lipinski definition) is 1. The minimum atomic E-state index is -0.163. The van der Waals surface area contributed by atoms with E-state index in [-0.39, 0.29) is 5.91 Å². The molecule has 0 bridgehead atoms. The van der Waals surface area contributed by atoms with Gasteiger partial charge in [-0.1, -0.05) is 12.1 Å². The molecule has 2 aromatic rings. The van der Waals surface area contributed by atoms with Crippen molar-refractivity contribution in [3.63, 3.8) is 0 Å². The van der Waals surface area contributed by atoms with E-state index in [1.807, 2.05) is 23.6 Å². The summed E-state index contributed by atoms with van der Waals surface area (Å²) in [4.78, 5) is 12.3. The molecule has 0 radical (unpaired) electrons. The molecule has 3 rings (SSSR count). The Morgan fingerprint density at radius 1 is 1.43 bits per heavy atom. The smallest absolute Gasteiger partial charge is 0.255 e. The first kappa shape index (κ1) is 13.6. The summed E-state index contributed by atoms with van der Waals surface area (Å²) >= 11 is 0. The highest BCUT2D eigenvalue weighted by atomic mass is 16.5. The van der Waals surface area contributed by atoms with Gasteiger partial charge in [-0.15, -0.1) is 10.2 Å². The van der Waals surface area contributed by atoms with Crippen molar-refractivity contribution < 1.29 is 9.53 Å². The fraction of sp³-hybridized carbons (Fsp3) is 0.400. The van der Waals surface area contributed by atoms with Gasteiger partial charge in [-0.25, -0.2) is 0 Å². The van der Waals surface area contributed by atoms with Crippen molar-refractivity contribution in [1.29, 1.82) is 0 Å². The highest BCUT2D eigenvalue weighted by Gasteiger charge is 2.26. The van der Waals surface area contributed by atoms with Crippen LogP contribution in [0.3, 0.4) is 0 Å². The van der Waals surface area contributed by atoms with Gasteiger partial charge in [0.15, 0.2) is 5.82 Å². The molecule has 1 fully saturated rings. The van der Waals surface area contributed by atoms with Crippen LogP contribution in [0.4, 0.5) is 0 Å². The minimum absolute atomic E-state index is 0.163. The molecule has 0 atom stereocenters. The molecular weight excluding hydrogens is 268 g/mol. The number of aromatic nitrogens is 3. The van der Waals surface area contributed by atoms with E-state index in [2.05, 4.69) is 15.5 Å². The van der Waals surface area contributed by atoms with Gasteiger partial charge in [0.1, 0.15) is 12.1 Å². The zero-order valence-electron chi connectivity index (χ0n) is 12.0. The predicted molar refractivity (Wildman–Crippen MR) is 77.1 cm³/mol. The average Bonchev–Trinajstić information content (AvgIpc) is 3.24. The number of benzene rings is 1. The highest BCUT2D eigenvalue weighted by molar-refractivity contribution is 5.96. The summed E-state index contributed by atoms with van der Waals surface area (Å²) in [5.41, 5.74) is 0.539. The van der Waals surface area contributed by atoms with Gasteiger partial charge in [0.25, 0.3) is 5.91 Å². The molecule has 1 aromatic heterocycles. The van der Waals surface area contributed by atoms with E-state index >= 15 is 0 Å². The van der Waals surface area contributed by atoms with Crippen LogP contribution in [0.15, 0.2) is 30.6 Å². The first-order valence-electron chi connectivity index (χ1n) is 7.18. The number of hydrogen-bond acceptors (Lipinski definition) is 4. The van der Waals surface area contributed by atoms with Gasteiger partial charge in [0.05, 0.1) is 18.7 Å². The lowest BCUT2D eigenvalue weighted by Crippen LogP contribution is -2.25. The molecule has 1 saturated carbocycles. The largest absolute Gasteiger partial charge is 0.493 e. The summed E-state index contributed by atoms with van der Waals surface area (Å²) < 4.78 is 7.51. The third-order valence-electron chi connectivity index (χ3n) is 3.43. The third kappa shape index (κ3) is 3.04. The monoisotopic (exact) mass is 286 g/mol. The summed E-state index contributed by atoms with van der Waals surface area (Å²) in [5.74, 6) is 1.23. The van der Waals surface area contributed by atoms with E-state index in [0.29, 0.717) is 30.5 Å². The topological polar surface area (TPSA) is 69.0 Å². The molecule has 1 N–H and O–H groups in total. The average molecular weight is 286 g/mol. The van der Waals surface area contributed by atoms with E-state index in [4.69, 9.17) is 4.74 Å². The second kappa shape index (κ2) is 5.95. The molecule has 1 heterocycles. The minimum Gasteiger partial charge on any atom is -0.493 e. The van der Waals surface area contributed by atoms with E-state index in [9.17, 15) is 4.79 Å². The highest BCUT2D eigenvalue weighted by Crippen LogP contribution is 2.35. The number of para-hydroxylation sites is 1. The van der Waals surface area contributed by atoms with Crippen molar-refractivity contribution in [1.82, 2.24) is 20.1 Å². The molecule has 1 aliphatic carbocycles. The zero-order chi connectivity index (χ0) is 14.7. The second-order valence-electron chi connectivity index (χ2n) is 5.00. The Hall–Kier alpha value is -2.37. The zero-order valence-corrected chi connectivity index (χ0v) is 12.0. The van der Waals surface area contributed by atoms with Crippen LogP contribution in [0, 0.1) is 0 Å². The Kier molecular flexibility index (Phi) is 3.85. The van der Waals surface area contributed by atoms with Gasteiger partial charge in [0.2, 0.25) is 0 Å². The van der Waals surface area contributed by atoms with Gasteiger partial charge >= 0.3 is 0 Å². The fourth-order valence-corrected chi connectivity index (χ4v) is 2.24. The van der Waals surface area contributed by atoms with Gasteiger partial charge < -0.3 is 14.6 Å². The van der Waals surface area contributed by atoms with Crippen molar-refractivity contribution >= 4 is 5.91 Å². The molecule has 0 aliphatic heterocycles. The van der Waals surface area contributed by atoms with Crippen LogP contribution >= 0.6 is 0 Å². The number of ether oxygens (including phenoxy) is 1. The van der Waals surface area contributed by atoms with E-state index < -0.39 is 0 Å². The Labute approximate surface area is 123 Å². The molecule has 1 aliphatic rings. The lowest BCUT2D eigenvalue weighted by Gasteiger charge is -2.10. The van der Waals surface area contributed by atoms with Crippen LogP contribution in [-0.2, 0) is 6.54 Å². The Balaban J connectivity index is 1.67. The van der Waals surface area contributed by atoms with E-state index in [1.165, 1.54) is 0 Å². The van der Waals surface area contributed by atoms with Gasteiger partial charge in [-0.05, 0) is 31.9 Å². The van der Waals surface area contributed by atoms with E-state index in [0.717, 1.165) is 18.7 Å². The molecule has 0 saturated heterocycles. The molecule has 1 aromatic carbocycles. The van der Waals surface area contributed by atoms with Crippen LogP contribution in [0.25, 0.3) is 0 Å². The standard InChI is InChI=1S/C15H18N4O2/c1-2-21-13-6-4-3-5-12(13)15(20)16-9-14-18-17-10-19(14)11-7-8-11/h3-6,10-11H,2,7-9H2,1H3,(H,16,20). The quantitative estimate of drug-likeness (QED) is 0.881. The molecular formula is C15H18N4O2. The van der Waals surface area contributed by atoms with Crippen molar-refractivity contribution in [3.05, 3.63) is 42.0 Å². The maximum Gasteiger partial charge on any atom is 0.255 e. The molecule has 6 nitrogen and oxygen atoms in total. The molecule has 110 valence electrons. The summed E-state index contributed by atoms with van der Waals surface area (Å²) in [7, 11) is 0. The van der Waals surface area contributed by atoms with E-state index in [1.54, 1.807) is 18.5 Å². The molecule has 21 heavy (non-hydrogen) atoms. The second-order valence-corrected chi connectivity index (χ2v) is 5.00. The molecule has 6 heteroatoms. The van der Waals surface area contributed by atoms with Crippen LogP contribution in [0.5, 0.6) is 5.75 Å². The number of nitrogens with one attached hydrogen (secondary N) is 1. The van der Waals surface area contributed by atoms with Crippen molar-refractivity contribution in [3.8, 4) is 5.75 Å². The van der Waals surface area contributed by atoms with Crippen LogP contribution in [0.1, 0.15) is 42.0 Å². The summed E-state index contributed by atoms with van der Waals surface area (Å²) in [6, 6.07) is 7.73. The summed E-state index contributed by atoms with van der Waals surface area (Å²) in [6.07, 6.45) is 4.05.